The van der Waals surface area contributed by atoms with Crippen LogP contribution < -0.4 is 20.1 Å². The van der Waals surface area contributed by atoms with Gasteiger partial charge < -0.3 is 20.1 Å². The van der Waals surface area contributed by atoms with Gasteiger partial charge in [-0.15, -0.1) is 0 Å². The first kappa shape index (κ1) is 17.9. The van der Waals surface area contributed by atoms with E-state index in [1.165, 1.54) is 5.56 Å². The molecule has 4 rings (SSSR count). The van der Waals surface area contributed by atoms with Gasteiger partial charge in [0, 0.05) is 23.6 Å². The van der Waals surface area contributed by atoms with Crippen molar-refractivity contribution in [2.75, 3.05) is 23.8 Å². The minimum atomic E-state index is -0.242. The molecule has 0 bridgehead atoms. The number of nitrogens with one attached hydrogen (secondary N) is 2. The molecule has 0 radical (unpaired) electrons. The molecule has 0 saturated carbocycles. The second-order valence-corrected chi connectivity index (χ2v) is 6.65. The number of ether oxygens (including phenoxy) is 2. The van der Waals surface area contributed by atoms with E-state index >= 15 is 0 Å². The zero-order valence-electron chi connectivity index (χ0n) is 15.8. The molecule has 0 unspecified atom stereocenters. The number of carbonyl (C=O) groups is 1. The van der Waals surface area contributed by atoms with Gasteiger partial charge in [-0.1, -0.05) is 12.1 Å². The number of aromatic nitrogens is 1. The van der Waals surface area contributed by atoms with Crippen LogP contribution in [0.15, 0.2) is 54.9 Å². The highest BCUT2D eigenvalue weighted by Crippen LogP contribution is 2.32. The van der Waals surface area contributed by atoms with E-state index in [2.05, 4.69) is 35.5 Å². The quantitative estimate of drug-likeness (QED) is 0.704. The van der Waals surface area contributed by atoms with Crippen LogP contribution in [0.2, 0.25) is 0 Å². The summed E-state index contributed by atoms with van der Waals surface area (Å²) in [5.74, 6) is 1.08. The third-order valence-electron chi connectivity index (χ3n) is 4.68. The Morgan fingerprint density at radius 3 is 2.64 bits per heavy atom. The van der Waals surface area contributed by atoms with Gasteiger partial charge in [-0.25, -0.2) is 0 Å². The minimum Gasteiger partial charge on any atom is -0.486 e. The Morgan fingerprint density at radius 1 is 0.964 bits per heavy atom. The van der Waals surface area contributed by atoms with E-state index < -0.39 is 0 Å². The molecule has 1 aliphatic rings. The molecule has 3 aromatic rings. The lowest BCUT2D eigenvalue weighted by atomic mass is 10.1. The molecule has 1 amide bonds. The van der Waals surface area contributed by atoms with Crippen LogP contribution in [0.25, 0.3) is 0 Å². The molecule has 6 heteroatoms. The van der Waals surface area contributed by atoms with E-state index in [0.717, 1.165) is 16.9 Å². The lowest BCUT2D eigenvalue weighted by Gasteiger charge is -2.19. The van der Waals surface area contributed by atoms with Crippen molar-refractivity contribution in [2.24, 2.45) is 0 Å². The number of rotatable bonds is 4. The summed E-state index contributed by atoms with van der Waals surface area (Å²) < 4.78 is 11.1. The Kier molecular flexibility index (Phi) is 4.85. The number of fused-ring (bicyclic) bond motifs is 1. The second kappa shape index (κ2) is 7.60. The van der Waals surface area contributed by atoms with E-state index in [0.29, 0.717) is 36.0 Å². The van der Waals surface area contributed by atoms with Crippen molar-refractivity contribution in [3.8, 4) is 11.5 Å². The molecule has 28 heavy (non-hydrogen) atoms. The topological polar surface area (TPSA) is 72.5 Å². The van der Waals surface area contributed by atoms with Gasteiger partial charge in [0.15, 0.2) is 11.5 Å². The van der Waals surface area contributed by atoms with Crippen LogP contribution in [-0.4, -0.2) is 24.1 Å². The van der Waals surface area contributed by atoms with Crippen molar-refractivity contribution in [1.29, 1.82) is 0 Å². The molecular formula is C22H21N3O3. The Labute approximate surface area is 163 Å². The van der Waals surface area contributed by atoms with Crippen LogP contribution in [0.4, 0.5) is 17.1 Å². The maximum Gasteiger partial charge on any atom is 0.257 e. The highest BCUT2D eigenvalue weighted by atomic mass is 16.6. The van der Waals surface area contributed by atoms with Gasteiger partial charge in [0.05, 0.1) is 17.4 Å². The molecule has 1 aliphatic heterocycles. The van der Waals surface area contributed by atoms with Crippen LogP contribution in [0.1, 0.15) is 21.5 Å². The van der Waals surface area contributed by atoms with E-state index in [-0.39, 0.29) is 5.91 Å². The molecular weight excluding hydrogens is 354 g/mol. The number of pyridine rings is 1. The average molecular weight is 375 g/mol. The van der Waals surface area contributed by atoms with Gasteiger partial charge in [0.2, 0.25) is 0 Å². The van der Waals surface area contributed by atoms with Crippen LogP contribution in [-0.2, 0) is 0 Å². The van der Waals surface area contributed by atoms with Crippen LogP contribution in [0.3, 0.4) is 0 Å². The summed E-state index contributed by atoms with van der Waals surface area (Å²) in [6, 6.07) is 13.2. The first-order valence-corrected chi connectivity index (χ1v) is 9.09. The number of aryl methyl sites for hydroxylation is 1. The van der Waals surface area contributed by atoms with Crippen molar-refractivity contribution >= 4 is 23.0 Å². The Balaban J connectivity index is 1.51. The number of carbonyl (C=O) groups excluding carboxylic acids is 1. The van der Waals surface area contributed by atoms with Gasteiger partial charge in [-0.3, -0.25) is 9.78 Å². The fourth-order valence-electron chi connectivity index (χ4n) is 3.00. The molecule has 2 N–H and O–H groups in total. The van der Waals surface area contributed by atoms with E-state index in [4.69, 9.17) is 9.47 Å². The average Bonchev–Trinajstić information content (AvgIpc) is 2.71. The van der Waals surface area contributed by atoms with Gasteiger partial charge in [0.25, 0.3) is 5.91 Å². The highest BCUT2D eigenvalue weighted by molar-refractivity contribution is 6.04. The molecule has 0 aliphatic carbocycles. The molecule has 142 valence electrons. The van der Waals surface area contributed by atoms with Crippen molar-refractivity contribution in [3.05, 3.63) is 71.5 Å². The SMILES string of the molecule is Cc1cccc(Nc2cncc(C(=O)Nc3ccc4c(c3)OCCO4)c2)c1C. The van der Waals surface area contributed by atoms with Crippen LogP contribution in [0, 0.1) is 13.8 Å². The van der Waals surface area contributed by atoms with E-state index in [1.54, 1.807) is 36.7 Å². The summed E-state index contributed by atoms with van der Waals surface area (Å²) in [6.07, 6.45) is 3.24. The Hall–Kier alpha value is -3.54. The molecule has 1 aromatic heterocycles. The molecule has 2 heterocycles. The van der Waals surface area contributed by atoms with Crippen molar-refractivity contribution in [1.82, 2.24) is 4.98 Å². The fraction of sp³-hybridized carbons (Fsp3) is 0.182. The predicted molar refractivity (Wildman–Crippen MR) is 109 cm³/mol. The minimum absolute atomic E-state index is 0.242. The van der Waals surface area contributed by atoms with Crippen molar-refractivity contribution in [2.45, 2.75) is 13.8 Å². The third kappa shape index (κ3) is 3.76. The fourth-order valence-corrected chi connectivity index (χ4v) is 3.00. The number of nitrogens with zero attached hydrogens (tertiary/aromatic N) is 1. The van der Waals surface area contributed by atoms with Crippen LogP contribution >= 0.6 is 0 Å². The Bertz CT molecular complexity index is 1030. The molecule has 0 atom stereocenters. The maximum absolute atomic E-state index is 12.7. The number of hydrogen-bond acceptors (Lipinski definition) is 5. The smallest absolute Gasteiger partial charge is 0.257 e. The summed E-state index contributed by atoms with van der Waals surface area (Å²) in [4.78, 5) is 16.9. The first-order valence-electron chi connectivity index (χ1n) is 9.09. The number of benzene rings is 2. The normalized spacial score (nSPS) is 12.4. The standard InChI is InChI=1S/C22H21N3O3/c1-14-4-3-5-19(15(14)2)24-18-10-16(12-23-13-18)22(26)25-17-6-7-20-21(11-17)28-9-8-27-20/h3-7,10-13,24H,8-9H2,1-2H3,(H,25,26). The largest absolute Gasteiger partial charge is 0.486 e. The van der Waals surface area contributed by atoms with Gasteiger partial charge in [-0.05, 0) is 49.2 Å². The van der Waals surface area contributed by atoms with Crippen molar-refractivity contribution in [3.63, 3.8) is 0 Å². The lowest BCUT2D eigenvalue weighted by molar-refractivity contribution is 0.102. The van der Waals surface area contributed by atoms with Gasteiger partial charge in [-0.2, -0.15) is 0 Å². The molecule has 0 spiro atoms. The molecule has 0 saturated heterocycles. The van der Waals surface area contributed by atoms with E-state index in [1.807, 2.05) is 12.1 Å². The Morgan fingerprint density at radius 2 is 1.79 bits per heavy atom. The summed E-state index contributed by atoms with van der Waals surface area (Å²) in [6.45, 7) is 5.16. The third-order valence-corrected chi connectivity index (χ3v) is 4.68. The summed E-state index contributed by atoms with van der Waals surface area (Å²) in [5.41, 5.74) is 5.21. The zero-order chi connectivity index (χ0) is 19.5. The number of anilines is 3. The number of amides is 1. The zero-order valence-corrected chi connectivity index (χ0v) is 15.8. The van der Waals surface area contributed by atoms with Crippen molar-refractivity contribution < 1.29 is 14.3 Å². The van der Waals surface area contributed by atoms with Crippen LogP contribution in [0.5, 0.6) is 11.5 Å². The first-order chi connectivity index (χ1) is 13.6. The summed E-state index contributed by atoms with van der Waals surface area (Å²) in [7, 11) is 0. The second-order valence-electron chi connectivity index (χ2n) is 6.65. The lowest BCUT2D eigenvalue weighted by Crippen LogP contribution is -2.16. The van der Waals surface area contributed by atoms with Gasteiger partial charge in [0.1, 0.15) is 13.2 Å². The number of hydrogen-bond donors (Lipinski definition) is 2. The van der Waals surface area contributed by atoms with Gasteiger partial charge >= 0.3 is 0 Å². The summed E-state index contributed by atoms with van der Waals surface area (Å²) >= 11 is 0. The predicted octanol–water partition coefficient (Wildman–Crippen LogP) is 4.47. The van der Waals surface area contributed by atoms with E-state index in [9.17, 15) is 4.79 Å². The summed E-state index contributed by atoms with van der Waals surface area (Å²) in [5, 5.41) is 6.21. The highest BCUT2D eigenvalue weighted by Gasteiger charge is 2.14. The molecule has 0 fully saturated rings. The maximum atomic E-state index is 12.7. The molecule has 2 aromatic carbocycles. The molecule has 6 nitrogen and oxygen atoms in total. The monoisotopic (exact) mass is 375 g/mol.